The van der Waals surface area contributed by atoms with Crippen LogP contribution in [0.4, 0.5) is 0 Å². The molecule has 1 saturated heterocycles. The molecule has 158 valence electrons. The zero-order valence-electron chi connectivity index (χ0n) is 17.7. The summed E-state index contributed by atoms with van der Waals surface area (Å²) in [5.74, 6) is 0.429. The second kappa shape index (κ2) is 8.94. The number of amides is 1. The lowest BCUT2D eigenvalue weighted by atomic mass is 10.2. The maximum Gasteiger partial charge on any atom is 0.267 e. The smallest absolute Gasteiger partial charge is 0.267 e. The van der Waals surface area contributed by atoms with Crippen LogP contribution in [0.1, 0.15) is 41.7 Å². The van der Waals surface area contributed by atoms with E-state index in [2.05, 4.69) is 0 Å². The van der Waals surface area contributed by atoms with Gasteiger partial charge in [0.15, 0.2) is 5.16 Å². The first-order valence-corrected chi connectivity index (χ1v) is 12.3. The van der Waals surface area contributed by atoms with E-state index in [1.165, 1.54) is 24.6 Å². The summed E-state index contributed by atoms with van der Waals surface area (Å²) < 4.78 is 1.67. The van der Waals surface area contributed by atoms with Gasteiger partial charge >= 0.3 is 0 Å². The Balaban J connectivity index is 1.72. The van der Waals surface area contributed by atoms with Crippen molar-refractivity contribution < 1.29 is 4.79 Å². The van der Waals surface area contributed by atoms with Crippen molar-refractivity contribution in [2.75, 3.05) is 18.8 Å². The van der Waals surface area contributed by atoms with Gasteiger partial charge in [-0.25, -0.2) is 4.98 Å². The molecule has 1 fully saturated rings. The molecule has 0 spiro atoms. The van der Waals surface area contributed by atoms with Crippen molar-refractivity contribution in [2.45, 2.75) is 51.6 Å². The lowest BCUT2D eigenvalue weighted by Gasteiger charge is -2.20. The number of aromatic nitrogens is 2. The number of thioether (sulfide) groups is 1. The van der Waals surface area contributed by atoms with Crippen molar-refractivity contribution >= 4 is 39.2 Å². The predicted molar refractivity (Wildman–Crippen MR) is 125 cm³/mol. The van der Waals surface area contributed by atoms with Crippen LogP contribution in [0.2, 0.25) is 0 Å². The van der Waals surface area contributed by atoms with Gasteiger partial charge in [-0.05, 0) is 51.3 Å². The Morgan fingerprint density at radius 1 is 1.07 bits per heavy atom. The first-order valence-electron chi connectivity index (χ1n) is 10.5. The first-order chi connectivity index (χ1) is 14.5. The van der Waals surface area contributed by atoms with Crippen LogP contribution in [0.25, 0.3) is 15.9 Å². The van der Waals surface area contributed by atoms with Crippen LogP contribution >= 0.6 is 23.1 Å². The molecule has 0 atom stereocenters. The van der Waals surface area contributed by atoms with Gasteiger partial charge in [-0.15, -0.1) is 11.3 Å². The number of carbonyl (C=O) groups excluding carboxylic acids is 1. The summed E-state index contributed by atoms with van der Waals surface area (Å²) in [7, 11) is 0. The number of fused-ring (bicyclic) bond motifs is 1. The van der Waals surface area contributed by atoms with Crippen LogP contribution in [0.3, 0.4) is 0 Å². The number of hydrogen-bond donors (Lipinski definition) is 0. The predicted octanol–water partition coefficient (Wildman–Crippen LogP) is 4.87. The van der Waals surface area contributed by atoms with Gasteiger partial charge in [-0.2, -0.15) is 0 Å². The monoisotopic (exact) mass is 441 g/mol. The minimum absolute atomic E-state index is 0.0598. The molecule has 30 heavy (non-hydrogen) atoms. The molecule has 0 saturated carbocycles. The van der Waals surface area contributed by atoms with Crippen LogP contribution in [0.5, 0.6) is 0 Å². The lowest BCUT2D eigenvalue weighted by molar-refractivity contribution is -0.128. The highest BCUT2D eigenvalue weighted by atomic mass is 32.2. The molecule has 7 heteroatoms. The van der Waals surface area contributed by atoms with Gasteiger partial charge in [0.1, 0.15) is 4.83 Å². The van der Waals surface area contributed by atoms with Gasteiger partial charge < -0.3 is 4.90 Å². The fourth-order valence-corrected chi connectivity index (χ4v) is 5.82. The summed E-state index contributed by atoms with van der Waals surface area (Å²) in [5, 5.41) is 1.27. The molecule has 0 radical (unpaired) electrons. The molecule has 5 nitrogen and oxygen atoms in total. The highest BCUT2D eigenvalue weighted by molar-refractivity contribution is 7.99. The maximum atomic E-state index is 13.5. The van der Waals surface area contributed by atoms with Crippen molar-refractivity contribution in [1.29, 1.82) is 0 Å². The molecular weight excluding hydrogens is 414 g/mol. The van der Waals surface area contributed by atoms with Crippen LogP contribution < -0.4 is 5.56 Å². The molecule has 1 amide bonds. The number of benzene rings is 1. The van der Waals surface area contributed by atoms with E-state index in [1.54, 1.807) is 15.9 Å². The van der Waals surface area contributed by atoms with Crippen molar-refractivity contribution in [3.8, 4) is 5.69 Å². The number of rotatable bonds is 4. The molecule has 0 aliphatic carbocycles. The summed E-state index contributed by atoms with van der Waals surface area (Å²) in [6, 6.07) is 7.88. The number of thiophene rings is 1. The Hall–Kier alpha value is -2.12. The van der Waals surface area contributed by atoms with E-state index >= 15 is 0 Å². The van der Waals surface area contributed by atoms with E-state index in [0.717, 1.165) is 52.5 Å². The summed E-state index contributed by atoms with van der Waals surface area (Å²) in [6.45, 7) is 7.69. The number of aryl methyl sites for hydroxylation is 3. The van der Waals surface area contributed by atoms with Crippen molar-refractivity contribution in [3.63, 3.8) is 0 Å². The summed E-state index contributed by atoms with van der Waals surface area (Å²) in [4.78, 5) is 34.9. The van der Waals surface area contributed by atoms with Gasteiger partial charge in [-0.3, -0.25) is 14.2 Å². The number of nitrogens with zero attached hydrogens (tertiary/aromatic N) is 3. The Morgan fingerprint density at radius 2 is 1.73 bits per heavy atom. The molecule has 2 aromatic heterocycles. The fourth-order valence-electron chi connectivity index (χ4n) is 3.83. The quantitative estimate of drug-likeness (QED) is 0.428. The molecule has 1 aliphatic heterocycles. The molecule has 1 aliphatic rings. The molecular formula is C23H27N3O2S2. The van der Waals surface area contributed by atoms with E-state index in [4.69, 9.17) is 4.98 Å². The number of carbonyl (C=O) groups is 1. The third-order valence-electron chi connectivity index (χ3n) is 5.75. The van der Waals surface area contributed by atoms with Crippen molar-refractivity contribution in [2.24, 2.45) is 0 Å². The van der Waals surface area contributed by atoms with Gasteiger partial charge in [0, 0.05) is 18.0 Å². The van der Waals surface area contributed by atoms with Crippen LogP contribution in [0.15, 0.2) is 34.2 Å². The average molecular weight is 442 g/mol. The van der Waals surface area contributed by atoms with E-state index in [9.17, 15) is 9.59 Å². The third kappa shape index (κ3) is 4.18. The Morgan fingerprint density at radius 3 is 2.40 bits per heavy atom. The molecule has 3 heterocycles. The molecule has 0 unspecified atom stereocenters. The largest absolute Gasteiger partial charge is 0.342 e. The zero-order valence-corrected chi connectivity index (χ0v) is 19.4. The van der Waals surface area contributed by atoms with E-state index < -0.39 is 0 Å². The Labute approximate surface area is 185 Å². The van der Waals surface area contributed by atoms with Gasteiger partial charge in [0.25, 0.3) is 5.56 Å². The Bertz CT molecular complexity index is 1120. The molecule has 3 aromatic rings. The summed E-state index contributed by atoms with van der Waals surface area (Å²) in [5.41, 5.74) is 2.85. The molecule has 4 rings (SSSR count). The summed E-state index contributed by atoms with van der Waals surface area (Å²) in [6.07, 6.45) is 4.53. The van der Waals surface area contributed by atoms with Crippen LogP contribution in [0, 0.1) is 20.8 Å². The van der Waals surface area contributed by atoms with Crippen molar-refractivity contribution in [3.05, 3.63) is 50.6 Å². The van der Waals surface area contributed by atoms with E-state index in [0.29, 0.717) is 16.3 Å². The minimum Gasteiger partial charge on any atom is -0.342 e. The van der Waals surface area contributed by atoms with E-state index in [1.807, 2.05) is 49.9 Å². The van der Waals surface area contributed by atoms with Crippen molar-refractivity contribution in [1.82, 2.24) is 14.5 Å². The van der Waals surface area contributed by atoms with Crippen LogP contribution in [-0.2, 0) is 4.79 Å². The van der Waals surface area contributed by atoms with Crippen LogP contribution in [-0.4, -0.2) is 39.2 Å². The normalized spacial score (nSPS) is 14.8. The second-order valence-corrected chi connectivity index (χ2v) is 10.1. The zero-order chi connectivity index (χ0) is 21.3. The topological polar surface area (TPSA) is 55.2 Å². The highest BCUT2D eigenvalue weighted by Crippen LogP contribution is 2.30. The van der Waals surface area contributed by atoms with Gasteiger partial charge in [0.2, 0.25) is 5.91 Å². The average Bonchev–Trinajstić information content (AvgIpc) is 2.91. The molecule has 1 aromatic carbocycles. The first kappa shape index (κ1) is 21.1. The molecule has 0 bridgehead atoms. The third-order valence-corrected chi connectivity index (χ3v) is 7.77. The molecule has 0 N–H and O–H groups in total. The number of hydrogen-bond acceptors (Lipinski definition) is 5. The lowest BCUT2D eigenvalue weighted by Crippen LogP contribution is -2.33. The van der Waals surface area contributed by atoms with Gasteiger partial charge in [-0.1, -0.05) is 42.3 Å². The van der Waals surface area contributed by atoms with Gasteiger partial charge in [0.05, 0.1) is 16.8 Å². The summed E-state index contributed by atoms with van der Waals surface area (Å²) >= 11 is 2.91. The maximum absolute atomic E-state index is 13.5. The van der Waals surface area contributed by atoms with E-state index in [-0.39, 0.29) is 11.5 Å². The number of likely N-dealkylation sites (tertiary alicyclic amines) is 1. The minimum atomic E-state index is -0.0598. The second-order valence-electron chi connectivity index (χ2n) is 7.92. The fraction of sp³-hybridized carbons (Fsp3) is 0.435. The Kier molecular flexibility index (Phi) is 6.29. The highest BCUT2D eigenvalue weighted by Gasteiger charge is 2.21. The standard InChI is InChI=1S/C23H27N3O2S2/c1-15-8-10-18(11-9-15)26-22(28)20-16(2)17(3)30-21(20)24-23(26)29-14-19(27)25-12-6-4-5-7-13-25/h8-11H,4-7,12-14H2,1-3H3. The SMILES string of the molecule is Cc1ccc(-n2c(SCC(=O)N3CCCCCC3)nc3sc(C)c(C)c3c2=O)cc1.